The minimum atomic E-state index is 0.797. The molecule has 0 amide bonds. The number of anilines is 3. The molecule has 2 heterocycles. The smallest absolute Gasteiger partial charge is 0.141 e. The summed E-state index contributed by atoms with van der Waals surface area (Å²) in [5.74, 6) is 0.797. The number of fused-ring (bicyclic) bond motifs is 4. The van der Waals surface area contributed by atoms with Gasteiger partial charge >= 0.3 is 0 Å². The SMILES string of the molecule is c1ccc(-c2ccc(N(c3ccc(-c4ccccc4)cc3)c3cc4oc5cc6ccccc6cc5c4cn3)cc2)cc1. The first kappa shape index (κ1) is 24.2. The number of rotatable bonds is 5. The highest BCUT2D eigenvalue weighted by molar-refractivity contribution is 6.10. The van der Waals surface area contributed by atoms with Crippen LogP contribution in [0.4, 0.5) is 17.2 Å². The molecule has 2 aromatic heterocycles. The highest BCUT2D eigenvalue weighted by Crippen LogP contribution is 2.39. The average molecular weight is 539 g/mol. The van der Waals surface area contributed by atoms with Crippen molar-refractivity contribution >= 4 is 49.9 Å². The first-order valence-electron chi connectivity index (χ1n) is 14.1. The van der Waals surface area contributed by atoms with Crippen molar-refractivity contribution < 1.29 is 4.42 Å². The lowest BCUT2D eigenvalue weighted by Crippen LogP contribution is -2.11. The lowest BCUT2D eigenvalue weighted by Gasteiger charge is -2.24. The van der Waals surface area contributed by atoms with Crippen LogP contribution in [0.5, 0.6) is 0 Å². The van der Waals surface area contributed by atoms with Crippen molar-refractivity contribution in [3.05, 3.63) is 158 Å². The van der Waals surface area contributed by atoms with Crippen LogP contribution in [0.2, 0.25) is 0 Å². The van der Waals surface area contributed by atoms with Gasteiger partial charge in [-0.1, -0.05) is 109 Å². The van der Waals surface area contributed by atoms with E-state index in [0.29, 0.717) is 0 Å². The Hall–Kier alpha value is -5.67. The fraction of sp³-hybridized carbons (Fsp3) is 0. The first-order valence-corrected chi connectivity index (χ1v) is 14.1. The lowest BCUT2D eigenvalue weighted by molar-refractivity contribution is 0.669. The highest BCUT2D eigenvalue weighted by Gasteiger charge is 2.17. The van der Waals surface area contributed by atoms with Crippen molar-refractivity contribution in [3.8, 4) is 22.3 Å². The highest BCUT2D eigenvalue weighted by atomic mass is 16.3. The van der Waals surface area contributed by atoms with Gasteiger partial charge < -0.3 is 4.42 Å². The summed E-state index contributed by atoms with van der Waals surface area (Å²) in [6.07, 6.45) is 1.94. The van der Waals surface area contributed by atoms with Crippen LogP contribution < -0.4 is 4.90 Å². The summed E-state index contributed by atoms with van der Waals surface area (Å²) in [6.45, 7) is 0. The van der Waals surface area contributed by atoms with Gasteiger partial charge in [-0.3, -0.25) is 4.90 Å². The number of hydrogen-bond acceptors (Lipinski definition) is 3. The molecule has 0 saturated carbocycles. The molecule has 0 bridgehead atoms. The fourth-order valence-corrected chi connectivity index (χ4v) is 5.75. The number of nitrogens with zero attached hydrogens (tertiary/aromatic N) is 2. The molecule has 0 spiro atoms. The maximum atomic E-state index is 6.41. The molecule has 8 aromatic rings. The molecule has 198 valence electrons. The van der Waals surface area contributed by atoms with Gasteiger partial charge in [-0.15, -0.1) is 0 Å². The van der Waals surface area contributed by atoms with Gasteiger partial charge in [0.1, 0.15) is 17.0 Å². The van der Waals surface area contributed by atoms with E-state index in [4.69, 9.17) is 9.40 Å². The van der Waals surface area contributed by atoms with Gasteiger partial charge in [-0.05, 0) is 69.4 Å². The van der Waals surface area contributed by atoms with E-state index in [1.807, 2.05) is 18.3 Å². The van der Waals surface area contributed by atoms with Gasteiger partial charge in [0.05, 0.1) is 0 Å². The Bertz CT molecular complexity index is 2080. The minimum absolute atomic E-state index is 0.797. The molecule has 0 fully saturated rings. The Morgan fingerprint density at radius 3 is 1.48 bits per heavy atom. The van der Waals surface area contributed by atoms with Crippen LogP contribution in [-0.2, 0) is 0 Å². The molecule has 6 aromatic carbocycles. The molecule has 0 aliphatic rings. The predicted molar refractivity (Wildman–Crippen MR) is 175 cm³/mol. The number of hydrogen-bond donors (Lipinski definition) is 0. The molecule has 0 N–H and O–H groups in total. The molecule has 0 radical (unpaired) electrons. The zero-order chi connectivity index (χ0) is 27.9. The quantitative estimate of drug-likeness (QED) is 0.218. The second-order valence-corrected chi connectivity index (χ2v) is 10.5. The molecule has 0 aliphatic carbocycles. The molecule has 3 nitrogen and oxygen atoms in total. The Balaban J connectivity index is 1.25. The summed E-state index contributed by atoms with van der Waals surface area (Å²) in [4.78, 5) is 7.18. The summed E-state index contributed by atoms with van der Waals surface area (Å²) < 4.78 is 6.41. The fourth-order valence-electron chi connectivity index (χ4n) is 5.75. The zero-order valence-electron chi connectivity index (χ0n) is 22.8. The molecular weight excluding hydrogens is 512 g/mol. The molecule has 3 heteroatoms. The number of pyridine rings is 1. The van der Waals surface area contributed by atoms with E-state index in [2.05, 4.69) is 144 Å². The number of furan rings is 1. The van der Waals surface area contributed by atoms with Crippen LogP contribution in [0.25, 0.3) is 55.0 Å². The van der Waals surface area contributed by atoms with Crippen LogP contribution in [-0.4, -0.2) is 4.98 Å². The van der Waals surface area contributed by atoms with Crippen molar-refractivity contribution in [3.63, 3.8) is 0 Å². The maximum Gasteiger partial charge on any atom is 0.141 e. The Kier molecular flexibility index (Phi) is 5.79. The van der Waals surface area contributed by atoms with E-state index in [0.717, 1.165) is 44.5 Å². The van der Waals surface area contributed by atoms with Crippen molar-refractivity contribution in [2.45, 2.75) is 0 Å². The monoisotopic (exact) mass is 538 g/mol. The summed E-state index contributed by atoms with van der Waals surface area (Å²) in [5.41, 5.74) is 8.46. The molecule has 42 heavy (non-hydrogen) atoms. The maximum absolute atomic E-state index is 6.41. The van der Waals surface area contributed by atoms with E-state index in [-0.39, 0.29) is 0 Å². The van der Waals surface area contributed by atoms with E-state index >= 15 is 0 Å². The van der Waals surface area contributed by atoms with Gasteiger partial charge in [-0.25, -0.2) is 4.98 Å². The van der Waals surface area contributed by atoms with Gasteiger partial charge in [0.2, 0.25) is 0 Å². The minimum Gasteiger partial charge on any atom is -0.456 e. The van der Waals surface area contributed by atoms with E-state index in [1.165, 1.54) is 27.6 Å². The second-order valence-electron chi connectivity index (χ2n) is 10.5. The molecule has 0 aliphatic heterocycles. The van der Waals surface area contributed by atoms with E-state index in [1.54, 1.807) is 0 Å². The van der Waals surface area contributed by atoms with Crippen LogP contribution >= 0.6 is 0 Å². The van der Waals surface area contributed by atoms with Crippen molar-refractivity contribution in [2.75, 3.05) is 4.90 Å². The third-order valence-corrected chi connectivity index (χ3v) is 7.90. The average Bonchev–Trinajstić information content (AvgIpc) is 3.42. The normalized spacial score (nSPS) is 11.3. The Morgan fingerprint density at radius 2 is 0.905 bits per heavy atom. The van der Waals surface area contributed by atoms with Gasteiger partial charge in [0.25, 0.3) is 0 Å². The molecule has 0 unspecified atom stereocenters. The van der Waals surface area contributed by atoms with Gasteiger partial charge in [0, 0.05) is 34.4 Å². The van der Waals surface area contributed by atoms with Gasteiger partial charge in [0.15, 0.2) is 0 Å². The molecule has 0 saturated heterocycles. The number of aromatic nitrogens is 1. The van der Waals surface area contributed by atoms with E-state index in [9.17, 15) is 0 Å². The molecule has 8 rings (SSSR count). The summed E-state index contributed by atoms with van der Waals surface area (Å²) >= 11 is 0. The first-order chi connectivity index (χ1) is 20.8. The summed E-state index contributed by atoms with van der Waals surface area (Å²) in [6, 6.07) is 52.9. The third kappa shape index (κ3) is 4.29. The molecule has 0 atom stereocenters. The van der Waals surface area contributed by atoms with Crippen molar-refractivity contribution in [1.29, 1.82) is 0 Å². The Morgan fingerprint density at radius 1 is 0.429 bits per heavy atom. The van der Waals surface area contributed by atoms with Crippen molar-refractivity contribution in [1.82, 2.24) is 4.98 Å². The number of benzene rings is 6. The topological polar surface area (TPSA) is 29.3 Å². The largest absolute Gasteiger partial charge is 0.456 e. The van der Waals surface area contributed by atoms with Gasteiger partial charge in [-0.2, -0.15) is 0 Å². The molecular formula is C39H26N2O. The Labute approximate surface area is 243 Å². The van der Waals surface area contributed by atoms with Crippen LogP contribution in [0.15, 0.2) is 162 Å². The van der Waals surface area contributed by atoms with E-state index < -0.39 is 0 Å². The predicted octanol–water partition coefficient (Wildman–Crippen LogP) is 10.9. The summed E-state index contributed by atoms with van der Waals surface area (Å²) in [7, 11) is 0. The lowest BCUT2D eigenvalue weighted by atomic mass is 10.0. The van der Waals surface area contributed by atoms with Crippen LogP contribution in [0.3, 0.4) is 0 Å². The van der Waals surface area contributed by atoms with Crippen LogP contribution in [0, 0.1) is 0 Å². The second kappa shape index (κ2) is 10.1. The standard InChI is InChI=1S/C39H26N2O/c1-3-9-27(10-4-1)29-15-19-33(20-16-29)41(34-21-17-30(18-22-34)28-11-5-2-6-12-28)39-25-38-36(26-40-39)35-23-31-13-7-8-14-32(31)24-37(35)42-38/h1-26H. The zero-order valence-corrected chi connectivity index (χ0v) is 22.8. The third-order valence-electron chi connectivity index (χ3n) is 7.90. The summed E-state index contributed by atoms with van der Waals surface area (Å²) in [5, 5.41) is 4.44. The van der Waals surface area contributed by atoms with Crippen LogP contribution in [0.1, 0.15) is 0 Å². The van der Waals surface area contributed by atoms with Crippen molar-refractivity contribution in [2.24, 2.45) is 0 Å².